The van der Waals surface area contributed by atoms with E-state index in [0.29, 0.717) is 6.54 Å². The minimum absolute atomic E-state index is 0.0323. The predicted octanol–water partition coefficient (Wildman–Crippen LogP) is 2.50. The van der Waals surface area contributed by atoms with Gasteiger partial charge < -0.3 is 10.6 Å². The molecule has 18 heavy (non-hydrogen) atoms. The number of halogens is 1. The molecule has 1 aromatic carbocycles. The van der Waals surface area contributed by atoms with Crippen LogP contribution in [0.1, 0.15) is 25.0 Å². The van der Waals surface area contributed by atoms with Gasteiger partial charge in [-0.15, -0.1) is 0 Å². The number of amides is 1. The molecule has 0 saturated heterocycles. The summed E-state index contributed by atoms with van der Waals surface area (Å²) in [5.74, 6) is -0.0323. The van der Waals surface area contributed by atoms with E-state index in [1.807, 2.05) is 6.07 Å². The molecule has 0 unspecified atom stereocenters. The lowest BCUT2D eigenvalue weighted by Gasteiger charge is -2.26. The Bertz CT molecular complexity index is 438. The van der Waals surface area contributed by atoms with Crippen LogP contribution in [0.2, 0.25) is 0 Å². The Morgan fingerprint density at radius 1 is 1.44 bits per heavy atom. The minimum atomic E-state index is -0.804. The third kappa shape index (κ3) is 4.10. The van der Waals surface area contributed by atoms with Crippen molar-refractivity contribution < 1.29 is 4.79 Å². The molecule has 0 aliphatic heterocycles. The Kier molecular flexibility index (Phi) is 4.93. The lowest BCUT2D eigenvalue weighted by Crippen LogP contribution is -2.50. The average Bonchev–Trinajstić information content (AvgIpc) is 2.27. The minimum Gasteiger partial charge on any atom is -0.344 e. The van der Waals surface area contributed by atoms with E-state index in [0.717, 1.165) is 10.9 Å². The van der Waals surface area contributed by atoms with Crippen molar-refractivity contribution in [3.63, 3.8) is 0 Å². The number of nitrogens with two attached hydrogens (primary N) is 1. The van der Waals surface area contributed by atoms with E-state index in [2.05, 4.69) is 35.0 Å². The highest BCUT2D eigenvalue weighted by atomic mass is 79.9. The molecule has 0 saturated carbocycles. The van der Waals surface area contributed by atoms with Crippen LogP contribution in [0.5, 0.6) is 0 Å². The molecule has 0 aliphatic carbocycles. The number of likely N-dealkylation sites (N-methyl/N-ethyl adjacent to an activating group) is 1. The summed E-state index contributed by atoms with van der Waals surface area (Å²) in [5.41, 5.74) is 7.49. The van der Waals surface area contributed by atoms with Gasteiger partial charge in [-0.3, -0.25) is 4.79 Å². The second-order valence-electron chi connectivity index (χ2n) is 5.27. The van der Waals surface area contributed by atoms with Crippen LogP contribution in [0.15, 0.2) is 22.7 Å². The van der Waals surface area contributed by atoms with Crippen LogP contribution in [-0.4, -0.2) is 29.9 Å². The number of benzene rings is 1. The lowest BCUT2D eigenvalue weighted by atomic mass is 10.0. The molecule has 0 radical (unpaired) electrons. The van der Waals surface area contributed by atoms with Crippen molar-refractivity contribution >= 4 is 21.8 Å². The SMILES string of the molecule is Cc1ccc(Br)cc1CCN(C)C(=O)C(C)(C)N. The van der Waals surface area contributed by atoms with Crippen molar-refractivity contribution in [2.45, 2.75) is 32.7 Å². The van der Waals surface area contributed by atoms with Gasteiger partial charge in [0.05, 0.1) is 5.54 Å². The molecule has 0 aliphatic rings. The number of nitrogens with zero attached hydrogens (tertiary/aromatic N) is 1. The first-order valence-corrected chi connectivity index (χ1v) is 6.80. The highest BCUT2D eigenvalue weighted by Crippen LogP contribution is 2.17. The number of aryl methyl sites for hydroxylation is 1. The highest BCUT2D eigenvalue weighted by Gasteiger charge is 2.25. The molecule has 0 aromatic heterocycles. The van der Waals surface area contributed by atoms with Crippen LogP contribution in [0.3, 0.4) is 0 Å². The zero-order valence-electron chi connectivity index (χ0n) is 11.5. The summed E-state index contributed by atoms with van der Waals surface area (Å²) in [6.07, 6.45) is 0.837. The smallest absolute Gasteiger partial charge is 0.241 e. The van der Waals surface area contributed by atoms with Crippen LogP contribution in [0.4, 0.5) is 0 Å². The second kappa shape index (κ2) is 5.85. The van der Waals surface area contributed by atoms with Gasteiger partial charge in [-0.2, -0.15) is 0 Å². The summed E-state index contributed by atoms with van der Waals surface area (Å²) < 4.78 is 1.07. The second-order valence-corrected chi connectivity index (χ2v) is 6.18. The molecule has 0 atom stereocenters. The quantitative estimate of drug-likeness (QED) is 0.928. The van der Waals surface area contributed by atoms with Gasteiger partial charge in [-0.1, -0.05) is 22.0 Å². The van der Waals surface area contributed by atoms with Crippen LogP contribution in [-0.2, 0) is 11.2 Å². The molecule has 100 valence electrons. The Morgan fingerprint density at radius 2 is 2.06 bits per heavy atom. The van der Waals surface area contributed by atoms with Crippen molar-refractivity contribution in [3.8, 4) is 0 Å². The number of carbonyl (C=O) groups is 1. The summed E-state index contributed by atoms with van der Waals surface area (Å²) in [4.78, 5) is 13.6. The van der Waals surface area contributed by atoms with Crippen LogP contribution >= 0.6 is 15.9 Å². The molecule has 0 spiro atoms. The maximum atomic E-state index is 11.9. The third-order valence-electron chi connectivity index (χ3n) is 2.93. The Labute approximate surface area is 117 Å². The van der Waals surface area contributed by atoms with Crippen LogP contribution in [0.25, 0.3) is 0 Å². The van der Waals surface area contributed by atoms with E-state index < -0.39 is 5.54 Å². The van der Waals surface area contributed by atoms with E-state index in [1.165, 1.54) is 11.1 Å². The van der Waals surface area contributed by atoms with Gasteiger partial charge in [-0.05, 0) is 50.5 Å². The zero-order chi connectivity index (χ0) is 13.9. The zero-order valence-corrected chi connectivity index (χ0v) is 13.0. The monoisotopic (exact) mass is 312 g/mol. The normalized spacial score (nSPS) is 11.4. The standard InChI is InChI=1S/C14H21BrN2O/c1-10-5-6-12(15)9-11(10)7-8-17(4)13(18)14(2,3)16/h5-6,9H,7-8,16H2,1-4H3. The van der Waals surface area contributed by atoms with E-state index in [4.69, 9.17) is 5.73 Å². The van der Waals surface area contributed by atoms with Gasteiger partial charge in [-0.25, -0.2) is 0 Å². The van der Waals surface area contributed by atoms with Gasteiger partial charge in [0, 0.05) is 18.1 Å². The predicted molar refractivity (Wildman–Crippen MR) is 78.5 cm³/mol. The number of hydrogen-bond donors (Lipinski definition) is 1. The first kappa shape index (κ1) is 15.2. The summed E-state index contributed by atoms with van der Waals surface area (Å²) >= 11 is 3.46. The first-order valence-electron chi connectivity index (χ1n) is 6.01. The van der Waals surface area contributed by atoms with Crippen LogP contribution in [0, 0.1) is 6.92 Å². The molecule has 0 bridgehead atoms. The van der Waals surface area contributed by atoms with Crippen molar-refractivity contribution in [2.75, 3.05) is 13.6 Å². The Hall–Kier alpha value is -0.870. The van der Waals surface area contributed by atoms with Crippen LogP contribution < -0.4 is 5.73 Å². The Balaban J connectivity index is 2.65. The molecule has 0 fully saturated rings. The first-order chi connectivity index (χ1) is 8.21. The molecule has 1 amide bonds. The Morgan fingerprint density at radius 3 is 2.61 bits per heavy atom. The fourth-order valence-corrected chi connectivity index (χ4v) is 2.20. The number of rotatable bonds is 4. The lowest BCUT2D eigenvalue weighted by molar-refractivity contribution is -0.134. The van der Waals surface area contributed by atoms with E-state index in [1.54, 1.807) is 25.8 Å². The molecule has 1 rings (SSSR count). The van der Waals surface area contributed by atoms with Crippen molar-refractivity contribution in [1.82, 2.24) is 4.90 Å². The maximum absolute atomic E-state index is 11.9. The summed E-state index contributed by atoms with van der Waals surface area (Å²) in [6, 6.07) is 6.20. The van der Waals surface area contributed by atoms with Gasteiger partial charge in [0.1, 0.15) is 0 Å². The largest absolute Gasteiger partial charge is 0.344 e. The average molecular weight is 313 g/mol. The molecule has 3 nitrogen and oxygen atoms in total. The van der Waals surface area contributed by atoms with Gasteiger partial charge in [0.2, 0.25) is 5.91 Å². The fourth-order valence-electron chi connectivity index (χ4n) is 1.79. The summed E-state index contributed by atoms with van der Waals surface area (Å²) in [6.45, 7) is 6.22. The molecular formula is C14H21BrN2O. The van der Waals surface area contributed by atoms with E-state index >= 15 is 0 Å². The summed E-state index contributed by atoms with van der Waals surface area (Å²) in [7, 11) is 1.80. The van der Waals surface area contributed by atoms with Gasteiger partial charge in [0.15, 0.2) is 0 Å². The molecule has 0 heterocycles. The van der Waals surface area contributed by atoms with Gasteiger partial charge >= 0.3 is 0 Å². The van der Waals surface area contributed by atoms with E-state index in [9.17, 15) is 4.79 Å². The van der Waals surface area contributed by atoms with Crippen molar-refractivity contribution in [3.05, 3.63) is 33.8 Å². The van der Waals surface area contributed by atoms with E-state index in [-0.39, 0.29) is 5.91 Å². The molecule has 1 aromatic rings. The number of carbonyl (C=O) groups excluding carboxylic acids is 1. The number of hydrogen-bond acceptors (Lipinski definition) is 2. The van der Waals surface area contributed by atoms with Crippen molar-refractivity contribution in [2.24, 2.45) is 5.73 Å². The molecular weight excluding hydrogens is 292 g/mol. The molecule has 4 heteroatoms. The topological polar surface area (TPSA) is 46.3 Å². The van der Waals surface area contributed by atoms with Crippen molar-refractivity contribution in [1.29, 1.82) is 0 Å². The van der Waals surface area contributed by atoms with Gasteiger partial charge in [0.25, 0.3) is 0 Å². The fraction of sp³-hybridized carbons (Fsp3) is 0.500. The maximum Gasteiger partial charge on any atom is 0.241 e. The molecule has 2 N–H and O–H groups in total. The summed E-state index contributed by atoms with van der Waals surface area (Å²) in [5, 5.41) is 0. The highest BCUT2D eigenvalue weighted by molar-refractivity contribution is 9.10. The third-order valence-corrected chi connectivity index (χ3v) is 3.42.